The van der Waals surface area contributed by atoms with E-state index >= 15 is 0 Å². The fourth-order valence-electron chi connectivity index (χ4n) is 2.63. The van der Waals surface area contributed by atoms with Gasteiger partial charge in [-0.05, 0) is 19.1 Å². The van der Waals surface area contributed by atoms with E-state index in [1.807, 2.05) is 17.0 Å². The van der Waals surface area contributed by atoms with Crippen molar-refractivity contribution in [2.75, 3.05) is 48.7 Å². The summed E-state index contributed by atoms with van der Waals surface area (Å²) >= 11 is 0. The molecule has 9 heteroatoms. The standard InChI is InChI=1S/C16H21N7O2/c1-2-25-16(24)23-8-6-22(7-9-23)15-13(17)14(19-11-20-15)21-12-4-3-5-18-10-12/h3-5,10-11H,2,6-9,17H2,1H3,(H,19,20,21). The Kier molecular flexibility index (Phi) is 5.12. The van der Waals surface area contributed by atoms with Crippen molar-refractivity contribution in [2.24, 2.45) is 0 Å². The smallest absolute Gasteiger partial charge is 0.409 e. The minimum Gasteiger partial charge on any atom is -0.450 e. The third kappa shape index (κ3) is 3.87. The average molecular weight is 343 g/mol. The van der Waals surface area contributed by atoms with Crippen LogP contribution in [0, 0.1) is 0 Å². The highest BCUT2D eigenvalue weighted by Crippen LogP contribution is 2.28. The second-order valence-electron chi connectivity index (χ2n) is 5.50. The number of nitrogens with one attached hydrogen (secondary N) is 1. The van der Waals surface area contributed by atoms with Gasteiger partial charge in [0.15, 0.2) is 11.6 Å². The maximum atomic E-state index is 11.8. The van der Waals surface area contributed by atoms with Gasteiger partial charge in [0.25, 0.3) is 0 Å². The van der Waals surface area contributed by atoms with Crippen LogP contribution in [0.4, 0.5) is 27.8 Å². The molecular formula is C16H21N7O2. The van der Waals surface area contributed by atoms with E-state index in [1.165, 1.54) is 6.33 Å². The van der Waals surface area contributed by atoms with Gasteiger partial charge in [-0.25, -0.2) is 14.8 Å². The molecule has 0 bridgehead atoms. The van der Waals surface area contributed by atoms with Crippen LogP contribution in [0.3, 0.4) is 0 Å². The molecule has 3 heterocycles. The highest BCUT2D eigenvalue weighted by Gasteiger charge is 2.24. The molecule has 2 aromatic heterocycles. The van der Waals surface area contributed by atoms with E-state index in [2.05, 4.69) is 20.3 Å². The Bertz CT molecular complexity index is 718. The molecule has 1 fully saturated rings. The lowest BCUT2D eigenvalue weighted by Crippen LogP contribution is -2.49. The Morgan fingerprint density at radius 3 is 2.80 bits per heavy atom. The molecule has 132 valence electrons. The van der Waals surface area contributed by atoms with E-state index in [0.29, 0.717) is 50.1 Å². The summed E-state index contributed by atoms with van der Waals surface area (Å²) in [6.45, 7) is 4.56. The van der Waals surface area contributed by atoms with E-state index in [0.717, 1.165) is 5.69 Å². The molecule has 0 saturated carbocycles. The first kappa shape index (κ1) is 16.7. The molecule has 2 aromatic rings. The molecule has 1 amide bonds. The number of nitrogen functional groups attached to an aromatic ring is 1. The highest BCUT2D eigenvalue weighted by atomic mass is 16.6. The zero-order valence-electron chi connectivity index (χ0n) is 14.1. The van der Waals surface area contributed by atoms with Gasteiger partial charge in [0.05, 0.1) is 18.5 Å². The lowest BCUT2D eigenvalue weighted by Gasteiger charge is -2.35. The molecule has 0 unspecified atom stereocenters. The number of hydrogen-bond donors (Lipinski definition) is 2. The fourth-order valence-corrected chi connectivity index (χ4v) is 2.63. The van der Waals surface area contributed by atoms with Gasteiger partial charge in [0, 0.05) is 32.4 Å². The zero-order chi connectivity index (χ0) is 17.6. The first-order valence-corrected chi connectivity index (χ1v) is 8.13. The maximum absolute atomic E-state index is 11.8. The molecule has 1 aliphatic rings. The van der Waals surface area contributed by atoms with E-state index in [-0.39, 0.29) is 6.09 Å². The molecule has 1 saturated heterocycles. The van der Waals surface area contributed by atoms with Crippen LogP contribution >= 0.6 is 0 Å². The number of ether oxygens (including phenoxy) is 1. The van der Waals surface area contributed by atoms with Crippen LogP contribution in [0.1, 0.15) is 6.92 Å². The van der Waals surface area contributed by atoms with Gasteiger partial charge in [-0.3, -0.25) is 4.98 Å². The van der Waals surface area contributed by atoms with Crippen LogP contribution in [0.5, 0.6) is 0 Å². The molecule has 25 heavy (non-hydrogen) atoms. The number of piperazine rings is 1. The summed E-state index contributed by atoms with van der Waals surface area (Å²) in [6, 6.07) is 3.71. The van der Waals surface area contributed by atoms with Crippen molar-refractivity contribution in [2.45, 2.75) is 6.92 Å². The van der Waals surface area contributed by atoms with Crippen molar-refractivity contribution >= 4 is 29.1 Å². The molecule has 9 nitrogen and oxygen atoms in total. The number of nitrogens with two attached hydrogens (primary N) is 1. The second kappa shape index (κ2) is 7.65. The van der Waals surface area contributed by atoms with Crippen molar-refractivity contribution in [3.8, 4) is 0 Å². The van der Waals surface area contributed by atoms with Crippen LogP contribution in [0.2, 0.25) is 0 Å². The predicted molar refractivity (Wildman–Crippen MR) is 94.8 cm³/mol. The number of nitrogens with zero attached hydrogens (tertiary/aromatic N) is 5. The number of rotatable bonds is 4. The zero-order valence-corrected chi connectivity index (χ0v) is 14.1. The normalized spacial score (nSPS) is 14.3. The summed E-state index contributed by atoms with van der Waals surface area (Å²) in [5.74, 6) is 1.19. The Hall–Kier alpha value is -3.10. The lowest BCUT2D eigenvalue weighted by molar-refractivity contribution is 0.105. The first-order chi connectivity index (χ1) is 12.2. The van der Waals surface area contributed by atoms with Crippen molar-refractivity contribution < 1.29 is 9.53 Å². The number of hydrogen-bond acceptors (Lipinski definition) is 8. The maximum Gasteiger partial charge on any atom is 0.409 e. The van der Waals surface area contributed by atoms with Gasteiger partial charge in [-0.2, -0.15) is 0 Å². The summed E-state index contributed by atoms with van der Waals surface area (Å²) in [5, 5.41) is 3.15. The minimum absolute atomic E-state index is 0.281. The first-order valence-electron chi connectivity index (χ1n) is 8.13. The number of amides is 1. The largest absolute Gasteiger partial charge is 0.450 e. The second-order valence-corrected chi connectivity index (χ2v) is 5.50. The topological polar surface area (TPSA) is 110 Å². The van der Waals surface area contributed by atoms with E-state index in [1.54, 1.807) is 24.2 Å². The molecule has 0 atom stereocenters. The number of aromatic nitrogens is 3. The molecule has 0 aliphatic carbocycles. The molecular weight excluding hydrogens is 322 g/mol. The number of pyridine rings is 1. The Morgan fingerprint density at radius 2 is 2.12 bits per heavy atom. The molecule has 0 aromatic carbocycles. The van der Waals surface area contributed by atoms with Gasteiger partial charge >= 0.3 is 6.09 Å². The summed E-state index contributed by atoms with van der Waals surface area (Å²) in [6.07, 6.45) is 4.58. The van der Waals surface area contributed by atoms with Gasteiger partial charge in [0.2, 0.25) is 0 Å². The summed E-state index contributed by atoms with van der Waals surface area (Å²) in [4.78, 5) is 28.1. The number of carbonyl (C=O) groups excluding carboxylic acids is 1. The number of anilines is 4. The predicted octanol–water partition coefficient (Wildman–Crippen LogP) is 1.48. The Labute approximate surface area is 145 Å². The van der Waals surface area contributed by atoms with Crippen molar-refractivity contribution in [1.29, 1.82) is 0 Å². The van der Waals surface area contributed by atoms with E-state index in [4.69, 9.17) is 10.5 Å². The minimum atomic E-state index is -0.281. The third-order valence-electron chi connectivity index (χ3n) is 3.89. The summed E-state index contributed by atoms with van der Waals surface area (Å²) in [5.41, 5.74) is 7.52. The molecule has 0 radical (unpaired) electrons. The van der Waals surface area contributed by atoms with Crippen LogP contribution < -0.4 is 16.0 Å². The van der Waals surface area contributed by atoms with Gasteiger partial charge in [-0.15, -0.1) is 0 Å². The average Bonchev–Trinajstić information content (AvgIpc) is 2.65. The van der Waals surface area contributed by atoms with Crippen LogP contribution in [-0.4, -0.2) is 58.7 Å². The van der Waals surface area contributed by atoms with Gasteiger partial charge in [-0.1, -0.05) is 0 Å². The molecule has 1 aliphatic heterocycles. The van der Waals surface area contributed by atoms with Gasteiger partial charge in [0.1, 0.15) is 12.0 Å². The monoisotopic (exact) mass is 343 g/mol. The van der Waals surface area contributed by atoms with Crippen molar-refractivity contribution in [3.63, 3.8) is 0 Å². The molecule has 3 N–H and O–H groups in total. The molecule has 0 spiro atoms. The lowest BCUT2D eigenvalue weighted by atomic mass is 10.3. The van der Waals surface area contributed by atoms with E-state index < -0.39 is 0 Å². The van der Waals surface area contributed by atoms with Crippen molar-refractivity contribution in [3.05, 3.63) is 30.9 Å². The van der Waals surface area contributed by atoms with Crippen LogP contribution in [-0.2, 0) is 4.74 Å². The SMILES string of the molecule is CCOC(=O)N1CCN(c2ncnc(Nc3cccnc3)c2N)CC1. The fraction of sp³-hybridized carbons (Fsp3) is 0.375. The summed E-state index contributed by atoms with van der Waals surface area (Å²) in [7, 11) is 0. The highest BCUT2D eigenvalue weighted by molar-refractivity contribution is 5.78. The van der Waals surface area contributed by atoms with Crippen molar-refractivity contribution in [1.82, 2.24) is 19.9 Å². The number of carbonyl (C=O) groups is 1. The Morgan fingerprint density at radius 1 is 1.32 bits per heavy atom. The molecule has 3 rings (SSSR count). The summed E-state index contributed by atoms with van der Waals surface area (Å²) < 4.78 is 5.03. The quantitative estimate of drug-likeness (QED) is 0.859. The van der Waals surface area contributed by atoms with Gasteiger partial charge < -0.3 is 25.6 Å². The van der Waals surface area contributed by atoms with E-state index in [9.17, 15) is 4.79 Å². The van der Waals surface area contributed by atoms with Crippen LogP contribution in [0.25, 0.3) is 0 Å². The third-order valence-corrected chi connectivity index (χ3v) is 3.89. The van der Waals surface area contributed by atoms with Crippen LogP contribution in [0.15, 0.2) is 30.9 Å². The Balaban J connectivity index is 1.69.